The lowest BCUT2D eigenvalue weighted by Crippen LogP contribution is -2.43. The molecule has 0 amide bonds. The van der Waals surface area contributed by atoms with Crippen molar-refractivity contribution in [2.45, 2.75) is 97.4 Å². The Hall–Kier alpha value is -0.0400. The van der Waals surface area contributed by atoms with Crippen molar-refractivity contribution in [3.8, 4) is 0 Å². The van der Waals surface area contributed by atoms with Crippen molar-refractivity contribution in [3.63, 3.8) is 0 Å². The molecule has 1 fully saturated rings. The molecule has 1 nitrogen and oxygen atoms in total. The lowest BCUT2D eigenvalue weighted by Gasteiger charge is -2.39. The van der Waals surface area contributed by atoms with E-state index in [-0.39, 0.29) is 0 Å². The van der Waals surface area contributed by atoms with Crippen LogP contribution in [0.2, 0.25) is 0 Å². The molecule has 1 atom stereocenters. The maximum atomic E-state index is 3.68. The van der Waals surface area contributed by atoms with E-state index in [0.29, 0.717) is 5.41 Å². The third kappa shape index (κ3) is 5.45. The molecule has 0 aromatic carbocycles. The molecule has 1 unspecified atom stereocenters. The average Bonchev–Trinajstić information content (AvgIpc) is 2.82. The van der Waals surface area contributed by atoms with Crippen LogP contribution in [0.5, 0.6) is 0 Å². The van der Waals surface area contributed by atoms with Gasteiger partial charge in [-0.3, -0.25) is 0 Å². The smallest absolute Gasteiger partial charge is 0.0121 e. The molecular formula is C18H37N. The van der Waals surface area contributed by atoms with Gasteiger partial charge in [-0.25, -0.2) is 0 Å². The Kier molecular flexibility index (Phi) is 8.06. The summed E-state index contributed by atoms with van der Waals surface area (Å²) < 4.78 is 0. The van der Waals surface area contributed by atoms with E-state index in [1.165, 1.54) is 70.6 Å². The van der Waals surface area contributed by atoms with Crippen LogP contribution in [-0.2, 0) is 0 Å². The highest BCUT2D eigenvalue weighted by Crippen LogP contribution is 2.47. The number of unbranched alkanes of at least 4 members (excludes halogenated alkanes) is 4. The first-order chi connectivity index (χ1) is 9.14. The van der Waals surface area contributed by atoms with Gasteiger partial charge in [0.25, 0.3) is 0 Å². The van der Waals surface area contributed by atoms with E-state index in [1.807, 2.05) is 0 Å². The molecule has 0 spiro atoms. The van der Waals surface area contributed by atoms with Gasteiger partial charge >= 0.3 is 0 Å². The highest BCUT2D eigenvalue weighted by Gasteiger charge is 2.40. The first-order valence-electron chi connectivity index (χ1n) is 8.82. The molecule has 1 N–H and O–H groups in total. The minimum absolute atomic E-state index is 0.619. The molecule has 114 valence electrons. The zero-order valence-electron chi connectivity index (χ0n) is 13.9. The van der Waals surface area contributed by atoms with Crippen LogP contribution in [-0.4, -0.2) is 13.1 Å². The molecule has 0 aromatic heterocycles. The van der Waals surface area contributed by atoms with Crippen molar-refractivity contribution in [1.82, 2.24) is 5.32 Å². The number of nitrogens with one attached hydrogen (secondary N) is 1. The summed E-state index contributed by atoms with van der Waals surface area (Å²) in [5.74, 6) is 0.842. The van der Waals surface area contributed by atoms with Gasteiger partial charge in [-0.05, 0) is 44.1 Å². The summed E-state index contributed by atoms with van der Waals surface area (Å²) in [6, 6.07) is 0.763. The first kappa shape index (κ1) is 17.0. The van der Waals surface area contributed by atoms with Gasteiger partial charge < -0.3 is 5.32 Å². The maximum Gasteiger partial charge on any atom is 0.0121 e. The van der Waals surface area contributed by atoms with Gasteiger partial charge in [0.1, 0.15) is 0 Å². The third-order valence-electron chi connectivity index (χ3n) is 5.10. The van der Waals surface area contributed by atoms with Crippen molar-refractivity contribution in [1.29, 1.82) is 0 Å². The lowest BCUT2D eigenvalue weighted by molar-refractivity contribution is 0.151. The van der Waals surface area contributed by atoms with Gasteiger partial charge in [-0.2, -0.15) is 0 Å². The predicted molar refractivity (Wildman–Crippen MR) is 86.6 cm³/mol. The molecule has 0 heterocycles. The average molecular weight is 268 g/mol. The molecular weight excluding hydrogens is 230 g/mol. The predicted octanol–water partition coefficient (Wildman–Crippen LogP) is 5.54. The summed E-state index contributed by atoms with van der Waals surface area (Å²) in [7, 11) is 2.19. The molecule has 0 saturated heterocycles. The second kappa shape index (κ2) is 9.00. The Balaban J connectivity index is 2.44. The minimum atomic E-state index is 0.619. The second-order valence-corrected chi connectivity index (χ2v) is 7.21. The van der Waals surface area contributed by atoms with Gasteiger partial charge in [0.05, 0.1) is 0 Å². The quantitative estimate of drug-likeness (QED) is 0.512. The Morgan fingerprint density at radius 1 is 1.00 bits per heavy atom. The first-order valence-corrected chi connectivity index (χ1v) is 8.82. The SMILES string of the molecule is CCCCCCCC(NC)C1(CC(C)C)CCCC1. The van der Waals surface area contributed by atoms with Crippen molar-refractivity contribution in [2.24, 2.45) is 11.3 Å². The third-order valence-corrected chi connectivity index (χ3v) is 5.10. The van der Waals surface area contributed by atoms with E-state index in [9.17, 15) is 0 Å². The van der Waals surface area contributed by atoms with Crippen LogP contribution < -0.4 is 5.32 Å². The summed E-state index contributed by atoms with van der Waals surface area (Å²) in [5, 5.41) is 3.68. The molecule has 1 saturated carbocycles. The van der Waals surface area contributed by atoms with E-state index in [4.69, 9.17) is 0 Å². The second-order valence-electron chi connectivity index (χ2n) is 7.21. The summed E-state index contributed by atoms with van der Waals surface area (Å²) in [6.45, 7) is 7.09. The van der Waals surface area contributed by atoms with Crippen LogP contribution in [0.25, 0.3) is 0 Å². The van der Waals surface area contributed by atoms with Gasteiger partial charge in [0.2, 0.25) is 0 Å². The fraction of sp³-hybridized carbons (Fsp3) is 1.00. The van der Waals surface area contributed by atoms with Crippen molar-refractivity contribution < 1.29 is 0 Å². The summed E-state index contributed by atoms with van der Waals surface area (Å²) >= 11 is 0. The van der Waals surface area contributed by atoms with Crippen LogP contribution in [0, 0.1) is 11.3 Å². The Morgan fingerprint density at radius 3 is 2.16 bits per heavy atom. The zero-order valence-corrected chi connectivity index (χ0v) is 13.9. The molecule has 19 heavy (non-hydrogen) atoms. The van der Waals surface area contributed by atoms with Crippen molar-refractivity contribution in [2.75, 3.05) is 7.05 Å². The van der Waals surface area contributed by atoms with E-state index in [2.05, 4.69) is 33.1 Å². The Morgan fingerprint density at radius 2 is 1.63 bits per heavy atom. The number of hydrogen-bond acceptors (Lipinski definition) is 1. The topological polar surface area (TPSA) is 12.0 Å². The normalized spacial score (nSPS) is 20.1. The van der Waals surface area contributed by atoms with E-state index >= 15 is 0 Å². The van der Waals surface area contributed by atoms with Crippen molar-refractivity contribution >= 4 is 0 Å². The summed E-state index contributed by atoms with van der Waals surface area (Å²) in [5.41, 5.74) is 0.619. The monoisotopic (exact) mass is 267 g/mol. The number of hydrogen-bond donors (Lipinski definition) is 1. The maximum absolute atomic E-state index is 3.68. The highest BCUT2D eigenvalue weighted by atomic mass is 14.9. The van der Waals surface area contributed by atoms with E-state index in [1.54, 1.807) is 0 Å². The highest BCUT2D eigenvalue weighted by molar-refractivity contribution is 4.94. The van der Waals surface area contributed by atoms with Crippen LogP contribution in [0.1, 0.15) is 91.4 Å². The summed E-state index contributed by atoms with van der Waals surface area (Å²) in [6.07, 6.45) is 15.7. The van der Waals surface area contributed by atoms with Gasteiger partial charge in [-0.1, -0.05) is 65.7 Å². The van der Waals surface area contributed by atoms with Crippen LogP contribution in [0.3, 0.4) is 0 Å². The fourth-order valence-electron chi connectivity index (χ4n) is 4.30. The van der Waals surface area contributed by atoms with Crippen LogP contribution >= 0.6 is 0 Å². The fourth-order valence-corrected chi connectivity index (χ4v) is 4.30. The molecule has 0 aliphatic heterocycles. The van der Waals surface area contributed by atoms with Crippen LogP contribution in [0.4, 0.5) is 0 Å². The largest absolute Gasteiger partial charge is 0.316 e. The van der Waals surface area contributed by atoms with Crippen molar-refractivity contribution in [3.05, 3.63) is 0 Å². The van der Waals surface area contributed by atoms with Gasteiger partial charge in [0, 0.05) is 6.04 Å². The molecule has 1 rings (SSSR count). The van der Waals surface area contributed by atoms with Gasteiger partial charge in [-0.15, -0.1) is 0 Å². The molecule has 0 bridgehead atoms. The van der Waals surface area contributed by atoms with Gasteiger partial charge in [0.15, 0.2) is 0 Å². The molecule has 1 aliphatic rings. The molecule has 1 aliphatic carbocycles. The number of rotatable bonds is 10. The Labute approximate surface area is 121 Å². The summed E-state index contributed by atoms with van der Waals surface area (Å²) in [4.78, 5) is 0. The molecule has 1 heteroatoms. The standard InChI is InChI=1S/C18H37N/c1-5-6-7-8-9-12-17(19-4)18(15-16(2)3)13-10-11-14-18/h16-17,19H,5-15H2,1-4H3. The lowest BCUT2D eigenvalue weighted by atomic mass is 9.71. The minimum Gasteiger partial charge on any atom is -0.316 e. The van der Waals surface area contributed by atoms with E-state index in [0.717, 1.165) is 12.0 Å². The Bertz CT molecular complexity index is 216. The molecule has 0 aromatic rings. The van der Waals surface area contributed by atoms with Crippen LogP contribution in [0.15, 0.2) is 0 Å². The zero-order chi connectivity index (χ0) is 14.1. The van der Waals surface area contributed by atoms with E-state index < -0.39 is 0 Å². The molecule has 0 radical (unpaired) electrons.